The van der Waals surface area contributed by atoms with Crippen LogP contribution in [-0.4, -0.2) is 85.3 Å². The molecule has 3 bridgehead atoms. The van der Waals surface area contributed by atoms with Crippen molar-refractivity contribution in [1.29, 1.82) is 0 Å². The summed E-state index contributed by atoms with van der Waals surface area (Å²) in [6.07, 6.45) is -1.62. The zero-order valence-corrected chi connectivity index (χ0v) is 14.9. The molecule has 0 radical (unpaired) electrons. The quantitative estimate of drug-likeness (QED) is 0.303. The second-order valence-corrected chi connectivity index (χ2v) is 7.17. The van der Waals surface area contributed by atoms with Crippen molar-refractivity contribution in [2.24, 2.45) is 5.73 Å². The summed E-state index contributed by atoms with van der Waals surface area (Å²) in [5, 5.41) is 2.97. The van der Waals surface area contributed by atoms with Gasteiger partial charge in [-0.25, -0.2) is 9.69 Å². The highest BCUT2D eigenvalue weighted by atomic mass is 32.3. The highest BCUT2D eigenvalue weighted by Crippen LogP contribution is 2.52. The molecular formula is C12H18N4O10S. The van der Waals surface area contributed by atoms with Crippen molar-refractivity contribution in [3.63, 3.8) is 0 Å². The Morgan fingerprint density at radius 2 is 2.15 bits per heavy atom. The topological polar surface area (TPSA) is 187 Å². The molecule has 4 aliphatic rings. The SMILES string of the molecule is COC(=O)C(N)COC(=O)NC(=O)[C@@H]1CCC23CN1C(O2)N3OS(=O)(=O)O. The van der Waals surface area contributed by atoms with Crippen LogP contribution in [0.2, 0.25) is 0 Å². The third-order valence-electron chi connectivity index (χ3n) is 4.45. The summed E-state index contributed by atoms with van der Waals surface area (Å²) in [6, 6.07) is -2.00. The van der Waals surface area contributed by atoms with Crippen LogP contribution in [-0.2, 0) is 38.5 Å². The molecule has 0 aromatic rings. The summed E-state index contributed by atoms with van der Waals surface area (Å²) in [4.78, 5) is 36.6. The summed E-state index contributed by atoms with van der Waals surface area (Å²) in [5.74, 6) is -1.48. The largest absolute Gasteiger partial charge is 0.468 e. The molecule has 14 nitrogen and oxygen atoms in total. The number of imide groups is 1. The van der Waals surface area contributed by atoms with Crippen molar-refractivity contribution in [2.75, 3.05) is 20.3 Å². The second-order valence-electron chi connectivity index (χ2n) is 6.16. The Kier molecular flexibility index (Phi) is 5.10. The van der Waals surface area contributed by atoms with Crippen LogP contribution in [0.15, 0.2) is 0 Å². The predicted octanol–water partition coefficient (Wildman–Crippen LogP) is -2.74. The number of alkyl carbamates (subject to hydrolysis) is 1. The molecule has 4 N–H and O–H groups in total. The normalized spacial score (nSPS) is 32.9. The molecule has 5 atom stereocenters. The number of carbonyl (C=O) groups is 3. The van der Waals surface area contributed by atoms with E-state index in [1.54, 1.807) is 0 Å². The van der Waals surface area contributed by atoms with Gasteiger partial charge in [-0.05, 0) is 12.8 Å². The summed E-state index contributed by atoms with van der Waals surface area (Å²) in [5.41, 5.74) is 4.34. The fourth-order valence-corrected chi connectivity index (χ4v) is 3.67. The molecular weight excluding hydrogens is 392 g/mol. The Hall–Kier alpha value is -1.88. The summed E-state index contributed by atoms with van der Waals surface area (Å²) >= 11 is 0. The highest BCUT2D eigenvalue weighted by Gasteiger charge is 2.70. The van der Waals surface area contributed by atoms with Gasteiger partial charge in [-0.2, -0.15) is 8.42 Å². The Morgan fingerprint density at radius 3 is 2.78 bits per heavy atom. The first-order valence-corrected chi connectivity index (χ1v) is 9.14. The lowest BCUT2D eigenvalue weighted by Gasteiger charge is -2.45. The number of rotatable bonds is 6. The molecule has 4 aliphatic heterocycles. The van der Waals surface area contributed by atoms with E-state index in [-0.39, 0.29) is 19.4 Å². The number of carbonyl (C=O) groups excluding carboxylic acids is 3. The number of nitrogens with one attached hydrogen (secondary N) is 1. The van der Waals surface area contributed by atoms with E-state index in [1.165, 1.54) is 4.90 Å². The number of methoxy groups -OCH3 is 1. The molecule has 4 fully saturated rings. The Labute approximate surface area is 153 Å². The van der Waals surface area contributed by atoms with Crippen molar-refractivity contribution in [2.45, 2.75) is 37.0 Å². The van der Waals surface area contributed by atoms with Crippen LogP contribution in [0, 0.1) is 0 Å². The van der Waals surface area contributed by atoms with Crippen LogP contribution in [0.5, 0.6) is 0 Å². The number of hydrogen-bond donors (Lipinski definition) is 3. The minimum Gasteiger partial charge on any atom is -0.468 e. The molecule has 15 heteroatoms. The zero-order chi connectivity index (χ0) is 20.0. The Morgan fingerprint density at radius 1 is 1.44 bits per heavy atom. The van der Waals surface area contributed by atoms with Crippen LogP contribution < -0.4 is 11.1 Å². The van der Waals surface area contributed by atoms with Gasteiger partial charge in [0, 0.05) is 6.54 Å². The summed E-state index contributed by atoms with van der Waals surface area (Å²) < 4.78 is 49.8. The molecule has 4 rings (SSSR count). The van der Waals surface area contributed by atoms with Gasteiger partial charge in [0.25, 0.3) is 0 Å². The lowest BCUT2D eigenvalue weighted by molar-refractivity contribution is -0.415. The van der Waals surface area contributed by atoms with Crippen molar-refractivity contribution in [1.82, 2.24) is 15.3 Å². The minimum absolute atomic E-state index is 0.146. The second kappa shape index (κ2) is 6.93. The van der Waals surface area contributed by atoms with E-state index in [0.29, 0.717) is 0 Å². The van der Waals surface area contributed by atoms with Crippen LogP contribution in [0.3, 0.4) is 0 Å². The van der Waals surface area contributed by atoms with Gasteiger partial charge in [-0.1, -0.05) is 5.06 Å². The molecule has 27 heavy (non-hydrogen) atoms. The van der Waals surface area contributed by atoms with Crippen molar-refractivity contribution in [3.05, 3.63) is 0 Å². The lowest BCUT2D eigenvalue weighted by atomic mass is 9.97. The van der Waals surface area contributed by atoms with Gasteiger partial charge in [0.15, 0.2) is 12.1 Å². The highest BCUT2D eigenvalue weighted by molar-refractivity contribution is 7.80. The monoisotopic (exact) mass is 410 g/mol. The minimum atomic E-state index is -4.74. The number of ether oxygens (including phenoxy) is 3. The molecule has 0 aromatic carbocycles. The van der Waals surface area contributed by atoms with E-state index in [2.05, 4.69) is 9.02 Å². The first-order valence-electron chi connectivity index (χ1n) is 7.77. The van der Waals surface area contributed by atoms with Gasteiger partial charge in [-0.15, -0.1) is 4.28 Å². The van der Waals surface area contributed by atoms with E-state index >= 15 is 0 Å². The number of amides is 2. The predicted molar refractivity (Wildman–Crippen MR) is 81.3 cm³/mol. The van der Waals surface area contributed by atoms with E-state index < -0.39 is 59.1 Å². The van der Waals surface area contributed by atoms with Gasteiger partial charge in [0.1, 0.15) is 12.6 Å². The average Bonchev–Trinajstić information content (AvgIpc) is 3.01. The van der Waals surface area contributed by atoms with E-state index in [4.69, 9.17) is 19.8 Å². The summed E-state index contributed by atoms with van der Waals surface area (Å²) in [7, 11) is -3.62. The molecule has 4 unspecified atom stereocenters. The van der Waals surface area contributed by atoms with Crippen molar-refractivity contribution < 1.29 is 45.8 Å². The van der Waals surface area contributed by atoms with Crippen molar-refractivity contribution in [3.8, 4) is 0 Å². The molecule has 152 valence electrons. The van der Waals surface area contributed by atoms with Crippen LogP contribution >= 0.6 is 0 Å². The molecule has 2 amide bonds. The number of hydrogen-bond acceptors (Lipinski definition) is 12. The standard InChI is InChI=1S/C12H18N4O10S/c1-23-9(18)6(13)4-24-10(19)14-8(17)7-2-3-12-5-15(7)11(25-12)16(12)26-27(20,21)22/h6-7,11H,2-5,13H2,1H3,(H,14,17,19)(H,20,21,22)/t6?,7-,11?,12?/m0/s1. The number of hydroxylamine groups is 2. The number of esters is 1. The van der Waals surface area contributed by atoms with Crippen LogP contribution in [0.4, 0.5) is 4.79 Å². The average molecular weight is 410 g/mol. The van der Waals surface area contributed by atoms with Crippen LogP contribution in [0.25, 0.3) is 0 Å². The summed E-state index contributed by atoms with van der Waals surface area (Å²) in [6.45, 7) is -0.335. The number of nitrogens with two attached hydrogens (primary N) is 1. The molecule has 0 saturated carbocycles. The van der Waals surface area contributed by atoms with Gasteiger partial charge in [0.2, 0.25) is 5.91 Å². The Bertz CT molecular complexity index is 759. The molecule has 0 aliphatic carbocycles. The van der Waals surface area contributed by atoms with E-state index in [9.17, 15) is 22.8 Å². The van der Waals surface area contributed by atoms with E-state index in [0.717, 1.165) is 12.2 Å². The molecule has 4 saturated heterocycles. The third kappa shape index (κ3) is 3.75. The van der Waals surface area contributed by atoms with Crippen molar-refractivity contribution >= 4 is 28.4 Å². The number of piperidine rings is 1. The zero-order valence-electron chi connectivity index (χ0n) is 14.1. The fourth-order valence-electron chi connectivity index (χ4n) is 3.25. The Balaban J connectivity index is 1.54. The van der Waals surface area contributed by atoms with E-state index in [1.807, 2.05) is 5.32 Å². The maximum Gasteiger partial charge on any atom is 0.414 e. The first-order chi connectivity index (χ1) is 12.6. The molecule has 0 aromatic heterocycles. The van der Waals surface area contributed by atoms with Crippen LogP contribution in [0.1, 0.15) is 12.8 Å². The third-order valence-corrected chi connectivity index (χ3v) is 4.80. The lowest BCUT2D eigenvalue weighted by Crippen LogP contribution is -2.63. The molecule has 4 heterocycles. The maximum absolute atomic E-state index is 12.3. The smallest absolute Gasteiger partial charge is 0.414 e. The van der Waals surface area contributed by atoms with Gasteiger partial charge < -0.3 is 19.9 Å². The van der Waals surface area contributed by atoms with Gasteiger partial charge >= 0.3 is 22.5 Å². The first kappa shape index (κ1) is 19.9. The van der Waals surface area contributed by atoms with Gasteiger partial charge in [-0.3, -0.25) is 19.5 Å². The number of nitrogens with zero attached hydrogens (tertiary/aromatic N) is 2. The maximum atomic E-state index is 12.3. The fraction of sp³-hybridized carbons (Fsp3) is 0.750. The van der Waals surface area contributed by atoms with Gasteiger partial charge in [0.05, 0.1) is 13.2 Å². The molecule has 1 spiro atoms.